The maximum absolute atomic E-state index is 11.7. The zero-order valence-corrected chi connectivity index (χ0v) is 13.0. The Balaban J connectivity index is 2.08. The number of carbonyl (C=O) groups is 1. The Morgan fingerprint density at radius 3 is 2.77 bits per heavy atom. The summed E-state index contributed by atoms with van der Waals surface area (Å²) in [5.41, 5.74) is 2.67. The monoisotopic (exact) mass is 297 g/mol. The molecule has 0 fully saturated rings. The third-order valence-corrected chi connectivity index (χ3v) is 2.82. The van der Waals surface area contributed by atoms with Crippen molar-refractivity contribution in [1.82, 2.24) is 15.3 Å². The molecule has 2 aromatic heterocycles. The zero-order valence-electron chi connectivity index (χ0n) is 13.0. The molecular weight excluding hydrogens is 278 g/mol. The van der Waals surface area contributed by atoms with Gasteiger partial charge >= 0.3 is 0 Å². The molecule has 2 rings (SSSR count). The van der Waals surface area contributed by atoms with Gasteiger partial charge in [0.05, 0.1) is 6.20 Å². The fourth-order valence-electron chi connectivity index (χ4n) is 1.77. The Hall–Kier alpha value is -2.69. The van der Waals surface area contributed by atoms with Crippen LogP contribution in [-0.4, -0.2) is 15.9 Å². The maximum Gasteiger partial charge on any atom is 0.244 e. The Morgan fingerprint density at radius 2 is 2.09 bits per heavy atom. The maximum atomic E-state index is 11.7. The van der Waals surface area contributed by atoms with Gasteiger partial charge in [0, 0.05) is 30.1 Å². The smallest absolute Gasteiger partial charge is 0.244 e. The average molecular weight is 297 g/mol. The Bertz CT molecular complexity index is 675. The van der Waals surface area contributed by atoms with Gasteiger partial charge in [0.2, 0.25) is 11.8 Å². The number of aryl methyl sites for hydroxylation is 1. The number of rotatable bonds is 5. The molecule has 0 saturated carbocycles. The molecule has 2 heterocycles. The van der Waals surface area contributed by atoms with Gasteiger partial charge in [-0.05, 0) is 39.0 Å². The highest BCUT2D eigenvalue weighted by atomic mass is 16.5. The van der Waals surface area contributed by atoms with E-state index >= 15 is 0 Å². The van der Waals surface area contributed by atoms with Crippen LogP contribution >= 0.6 is 0 Å². The molecule has 1 N–H and O–H groups in total. The topological polar surface area (TPSA) is 64.1 Å². The van der Waals surface area contributed by atoms with Crippen LogP contribution in [0.1, 0.15) is 25.1 Å². The Morgan fingerprint density at radius 1 is 1.27 bits per heavy atom. The highest BCUT2D eigenvalue weighted by Crippen LogP contribution is 2.22. The van der Waals surface area contributed by atoms with E-state index in [2.05, 4.69) is 15.3 Å². The van der Waals surface area contributed by atoms with Crippen LogP contribution in [0.5, 0.6) is 11.6 Å². The Labute approximate surface area is 130 Å². The second-order valence-corrected chi connectivity index (χ2v) is 5.14. The summed E-state index contributed by atoms with van der Waals surface area (Å²) in [6.45, 7) is 6.02. The van der Waals surface area contributed by atoms with Crippen molar-refractivity contribution in [3.05, 3.63) is 59.6 Å². The summed E-state index contributed by atoms with van der Waals surface area (Å²) < 4.78 is 5.74. The first kappa shape index (κ1) is 15.7. The van der Waals surface area contributed by atoms with E-state index in [0.717, 1.165) is 16.8 Å². The van der Waals surface area contributed by atoms with Crippen molar-refractivity contribution >= 4 is 5.91 Å². The summed E-state index contributed by atoms with van der Waals surface area (Å²) in [4.78, 5) is 20.1. The van der Waals surface area contributed by atoms with Gasteiger partial charge in [0.25, 0.3) is 0 Å². The van der Waals surface area contributed by atoms with Crippen LogP contribution in [0.4, 0.5) is 0 Å². The number of hydrogen-bond acceptors (Lipinski definition) is 4. The fraction of sp³-hybridized carbons (Fsp3) is 0.235. The van der Waals surface area contributed by atoms with Gasteiger partial charge in [-0.2, -0.15) is 0 Å². The summed E-state index contributed by atoms with van der Waals surface area (Å²) >= 11 is 0. The molecule has 22 heavy (non-hydrogen) atoms. The first-order valence-corrected chi connectivity index (χ1v) is 7.02. The molecular formula is C17H19N3O2. The highest BCUT2D eigenvalue weighted by Gasteiger charge is 2.07. The minimum absolute atomic E-state index is 0.133. The number of nitrogens with one attached hydrogen (secondary N) is 1. The van der Waals surface area contributed by atoms with Gasteiger partial charge in [-0.1, -0.05) is 11.6 Å². The molecule has 0 spiro atoms. The lowest BCUT2D eigenvalue weighted by molar-refractivity contribution is -0.116. The van der Waals surface area contributed by atoms with Crippen molar-refractivity contribution in [2.24, 2.45) is 0 Å². The quantitative estimate of drug-likeness (QED) is 0.861. The average Bonchev–Trinajstić information content (AvgIpc) is 2.48. The fourth-order valence-corrected chi connectivity index (χ4v) is 1.77. The number of amides is 1. The van der Waals surface area contributed by atoms with Crippen molar-refractivity contribution in [2.75, 3.05) is 0 Å². The van der Waals surface area contributed by atoms with E-state index < -0.39 is 0 Å². The molecule has 0 radical (unpaired) electrons. The molecule has 0 aromatic carbocycles. The van der Waals surface area contributed by atoms with Gasteiger partial charge in [-0.15, -0.1) is 0 Å². The van der Waals surface area contributed by atoms with E-state index in [0.29, 0.717) is 18.2 Å². The van der Waals surface area contributed by atoms with Gasteiger partial charge in [0.1, 0.15) is 5.75 Å². The molecule has 0 unspecified atom stereocenters. The molecule has 2 aromatic rings. The summed E-state index contributed by atoms with van der Waals surface area (Å²) in [6.07, 6.45) is 4.86. The number of aromatic nitrogens is 2. The first-order valence-electron chi connectivity index (χ1n) is 7.02. The first-order chi connectivity index (χ1) is 10.5. The zero-order chi connectivity index (χ0) is 15.9. The van der Waals surface area contributed by atoms with Crippen LogP contribution in [-0.2, 0) is 11.3 Å². The number of nitrogens with zero attached hydrogens (tertiary/aromatic N) is 2. The SMILES string of the molecule is CC(C)=CC(=O)NCc1cccnc1Oc1ccc(C)nc1. The molecule has 0 saturated heterocycles. The van der Waals surface area contributed by atoms with Crippen LogP contribution in [0, 0.1) is 6.92 Å². The van der Waals surface area contributed by atoms with Crippen molar-refractivity contribution < 1.29 is 9.53 Å². The second kappa shape index (κ2) is 7.36. The third-order valence-electron chi connectivity index (χ3n) is 2.82. The van der Waals surface area contributed by atoms with Crippen molar-refractivity contribution in [1.29, 1.82) is 0 Å². The largest absolute Gasteiger partial charge is 0.437 e. The van der Waals surface area contributed by atoms with E-state index in [-0.39, 0.29) is 5.91 Å². The number of allylic oxidation sites excluding steroid dienone is 1. The molecule has 0 bridgehead atoms. The molecule has 1 amide bonds. The van der Waals surface area contributed by atoms with Crippen LogP contribution in [0.15, 0.2) is 48.3 Å². The lowest BCUT2D eigenvalue weighted by atomic mass is 10.2. The van der Waals surface area contributed by atoms with Gasteiger partial charge in [-0.3, -0.25) is 9.78 Å². The molecule has 0 atom stereocenters. The second-order valence-electron chi connectivity index (χ2n) is 5.14. The molecule has 5 heteroatoms. The normalized spacial score (nSPS) is 9.95. The third kappa shape index (κ3) is 4.70. The van der Waals surface area contributed by atoms with Crippen LogP contribution in [0.25, 0.3) is 0 Å². The summed E-state index contributed by atoms with van der Waals surface area (Å²) in [5.74, 6) is 0.943. The highest BCUT2D eigenvalue weighted by molar-refractivity contribution is 5.88. The van der Waals surface area contributed by atoms with E-state index in [1.54, 1.807) is 18.5 Å². The van der Waals surface area contributed by atoms with Crippen molar-refractivity contribution in [2.45, 2.75) is 27.3 Å². The lowest BCUT2D eigenvalue weighted by Crippen LogP contribution is -2.21. The van der Waals surface area contributed by atoms with Gasteiger partial charge in [0.15, 0.2) is 0 Å². The van der Waals surface area contributed by atoms with Crippen LogP contribution in [0.2, 0.25) is 0 Å². The number of carbonyl (C=O) groups excluding carboxylic acids is 1. The number of ether oxygens (including phenoxy) is 1. The number of pyridine rings is 2. The molecule has 5 nitrogen and oxygen atoms in total. The lowest BCUT2D eigenvalue weighted by Gasteiger charge is -2.10. The van der Waals surface area contributed by atoms with Crippen LogP contribution < -0.4 is 10.1 Å². The van der Waals surface area contributed by atoms with Crippen molar-refractivity contribution in [3.8, 4) is 11.6 Å². The summed E-state index contributed by atoms with van der Waals surface area (Å²) in [7, 11) is 0. The predicted octanol–water partition coefficient (Wildman–Crippen LogP) is 3.16. The molecule has 0 aliphatic rings. The van der Waals surface area contributed by atoms with E-state index in [1.807, 2.05) is 45.0 Å². The standard InChI is InChI=1S/C17H19N3O2/c1-12(2)9-16(21)20-10-14-5-4-8-18-17(14)22-15-7-6-13(3)19-11-15/h4-9,11H,10H2,1-3H3,(H,20,21). The van der Waals surface area contributed by atoms with Gasteiger partial charge < -0.3 is 10.1 Å². The van der Waals surface area contributed by atoms with Gasteiger partial charge in [-0.25, -0.2) is 4.98 Å². The summed E-state index contributed by atoms with van der Waals surface area (Å²) in [5, 5.41) is 2.81. The van der Waals surface area contributed by atoms with Crippen LogP contribution in [0.3, 0.4) is 0 Å². The molecule has 0 aliphatic carbocycles. The Kier molecular flexibility index (Phi) is 5.25. The van der Waals surface area contributed by atoms with E-state index in [9.17, 15) is 4.79 Å². The predicted molar refractivity (Wildman–Crippen MR) is 84.6 cm³/mol. The minimum Gasteiger partial charge on any atom is -0.437 e. The van der Waals surface area contributed by atoms with E-state index in [4.69, 9.17) is 4.74 Å². The summed E-state index contributed by atoms with van der Waals surface area (Å²) in [6, 6.07) is 7.38. The number of hydrogen-bond donors (Lipinski definition) is 1. The van der Waals surface area contributed by atoms with E-state index in [1.165, 1.54) is 0 Å². The molecule has 114 valence electrons. The minimum atomic E-state index is -0.133. The van der Waals surface area contributed by atoms with Crippen molar-refractivity contribution in [3.63, 3.8) is 0 Å². The molecule has 0 aliphatic heterocycles.